The standard InChI is InChI=1S/C30H31ClF2N4O3/c1-40-16-4-14-37(30(39)35-24-11-12-27(33)26(31)17-24)20-29(38)36(19-21-7-9-23(32)10-8-21)15-13-22-18-34-28-6-3-2-5-25(22)28/h2-3,5-12,17-18,34H,4,13-16,19-20H2,1H3,(H,35,39). The number of halogens is 3. The Morgan fingerprint density at radius 3 is 2.52 bits per heavy atom. The number of ether oxygens (including phenoxy) is 1. The van der Waals surface area contributed by atoms with Gasteiger partial charge in [-0.25, -0.2) is 13.6 Å². The molecule has 7 nitrogen and oxygen atoms in total. The van der Waals surface area contributed by atoms with Crippen molar-refractivity contribution in [3.63, 3.8) is 0 Å². The number of aromatic nitrogens is 1. The Bertz CT molecular complexity index is 1440. The maximum absolute atomic E-state index is 13.7. The molecule has 0 aliphatic rings. The number of rotatable bonds is 12. The number of carbonyl (C=O) groups is 2. The molecule has 0 aliphatic carbocycles. The van der Waals surface area contributed by atoms with E-state index in [9.17, 15) is 18.4 Å². The van der Waals surface area contributed by atoms with Crippen LogP contribution in [0.3, 0.4) is 0 Å². The van der Waals surface area contributed by atoms with Gasteiger partial charge < -0.3 is 24.8 Å². The van der Waals surface area contributed by atoms with Crippen LogP contribution in [0.2, 0.25) is 5.02 Å². The van der Waals surface area contributed by atoms with Crippen LogP contribution in [-0.4, -0.2) is 60.1 Å². The number of aromatic amines is 1. The lowest BCUT2D eigenvalue weighted by Crippen LogP contribution is -2.45. The average molecular weight is 569 g/mol. The van der Waals surface area contributed by atoms with E-state index in [1.165, 1.54) is 29.2 Å². The van der Waals surface area contributed by atoms with Crippen LogP contribution in [0, 0.1) is 11.6 Å². The van der Waals surface area contributed by atoms with Crippen LogP contribution in [-0.2, 0) is 22.5 Å². The molecule has 210 valence electrons. The highest BCUT2D eigenvalue weighted by Gasteiger charge is 2.22. The maximum Gasteiger partial charge on any atom is 0.322 e. The molecule has 0 spiro atoms. The van der Waals surface area contributed by atoms with Crippen molar-refractivity contribution < 1.29 is 23.1 Å². The van der Waals surface area contributed by atoms with E-state index < -0.39 is 11.8 Å². The second kappa shape index (κ2) is 13.9. The minimum absolute atomic E-state index is 0.123. The summed E-state index contributed by atoms with van der Waals surface area (Å²) in [6.45, 7) is 1.11. The first kappa shape index (κ1) is 29.0. The summed E-state index contributed by atoms with van der Waals surface area (Å²) in [5, 5.41) is 3.65. The SMILES string of the molecule is COCCCN(CC(=O)N(CCc1c[nH]c2ccccc12)Cc1ccc(F)cc1)C(=O)Nc1ccc(F)c(Cl)c1. The molecule has 0 saturated heterocycles. The van der Waals surface area contributed by atoms with E-state index in [0.717, 1.165) is 28.1 Å². The highest BCUT2D eigenvalue weighted by atomic mass is 35.5. The van der Waals surface area contributed by atoms with E-state index in [4.69, 9.17) is 16.3 Å². The first-order valence-corrected chi connectivity index (χ1v) is 13.3. The second-order valence-corrected chi connectivity index (χ2v) is 9.79. The van der Waals surface area contributed by atoms with E-state index in [1.807, 2.05) is 30.5 Å². The minimum Gasteiger partial charge on any atom is -0.385 e. The molecule has 40 heavy (non-hydrogen) atoms. The molecule has 4 aromatic rings. The van der Waals surface area contributed by atoms with Crippen molar-refractivity contribution in [1.82, 2.24) is 14.8 Å². The monoisotopic (exact) mass is 568 g/mol. The third kappa shape index (κ3) is 7.80. The topological polar surface area (TPSA) is 77.7 Å². The predicted octanol–water partition coefficient (Wildman–Crippen LogP) is 6.24. The van der Waals surface area contributed by atoms with E-state index in [1.54, 1.807) is 24.1 Å². The molecule has 0 radical (unpaired) electrons. The number of nitrogens with zero attached hydrogens (tertiary/aromatic N) is 2. The normalized spacial score (nSPS) is 11.0. The van der Waals surface area contributed by atoms with Gasteiger partial charge in [-0.2, -0.15) is 0 Å². The fourth-order valence-corrected chi connectivity index (χ4v) is 4.57. The van der Waals surface area contributed by atoms with Gasteiger partial charge in [0.05, 0.1) is 5.02 Å². The molecule has 0 unspecified atom stereocenters. The highest BCUT2D eigenvalue weighted by molar-refractivity contribution is 6.31. The van der Waals surface area contributed by atoms with Crippen molar-refractivity contribution in [3.8, 4) is 0 Å². The zero-order chi connectivity index (χ0) is 28.5. The predicted molar refractivity (Wildman–Crippen MR) is 152 cm³/mol. The lowest BCUT2D eigenvalue weighted by atomic mass is 10.1. The van der Waals surface area contributed by atoms with Gasteiger partial charge in [0.15, 0.2) is 0 Å². The zero-order valence-corrected chi connectivity index (χ0v) is 22.9. The Balaban J connectivity index is 1.51. The number of hydrogen-bond acceptors (Lipinski definition) is 3. The number of H-pyrrole nitrogens is 1. The number of fused-ring (bicyclic) bond motifs is 1. The van der Waals surface area contributed by atoms with Crippen molar-refractivity contribution in [3.05, 3.63) is 101 Å². The average Bonchev–Trinajstić information content (AvgIpc) is 3.36. The van der Waals surface area contributed by atoms with Crippen LogP contribution in [0.4, 0.5) is 19.3 Å². The Morgan fingerprint density at radius 1 is 1.00 bits per heavy atom. The van der Waals surface area contributed by atoms with Crippen molar-refractivity contribution in [2.75, 3.05) is 38.7 Å². The van der Waals surface area contributed by atoms with Gasteiger partial charge in [0, 0.05) is 56.1 Å². The smallest absolute Gasteiger partial charge is 0.322 e. The number of anilines is 1. The lowest BCUT2D eigenvalue weighted by molar-refractivity contribution is -0.132. The van der Waals surface area contributed by atoms with Gasteiger partial charge >= 0.3 is 6.03 Å². The summed E-state index contributed by atoms with van der Waals surface area (Å²) in [6, 6.07) is 17.3. The summed E-state index contributed by atoms with van der Waals surface area (Å²) in [6.07, 6.45) is 3.03. The van der Waals surface area contributed by atoms with Gasteiger partial charge in [0.25, 0.3) is 0 Å². The molecule has 0 atom stereocenters. The van der Waals surface area contributed by atoms with E-state index >= 15 is 0 Å². The van der Waals surface area contributed by atoms with Crippen LogP contribution < -0.4 is 5.32 Å². The van der Waals surface area contributed by atoms with Crippen LogP contribution in [0.15, 0.2) is 72.9 Å². The molecular formula is C30H31ClF2N4O3. The number of methoxy groups -OCH3 is 1. The summed E-state index contributed by atoms with van der Waals surface area (Å²) >= 11 is 5.86. The number of carbonyl (C=O) groups excluding carboxylic acids is 2. The maximum atomic E-state index is 13.7. The fourth-order valence-electron chi connectivity index (χ4n) is 4.39. The van der Waals surface area contributed by atoms with Crippen molar-refractivity contribution in [1.29, 1.82) is 0 Å². The molecule has 1 aromatic heterocycles. The number of para-hydroxylation sites is 1. The van der Waals surface area contributed by atoms with Gasteiger partial charge in [-0.15, -0.1) is 0 Å². The Hall–Kier alpha value is -3.95. The fraction of sp³-hybridized carbons (Fsp3) is 0.267. The summed E-state index contributed by atoms with van der Waals surface area (Å²) in [5.74, 6) is -1.23. The number of nitrogens with one attached hydrogen (secondary N) is 2. The summed E-state index contributed by atoms with van der Waals surface area (Å²) in [7, 11) is 1.56. The molecule has 0 fully saturated rings. The minimum atomic E-state index is -0.599. The Kier molecular flexibility index (Phi) is 10.1. The largest absolute Gasteiger partial charge is 0.385 e. The molecule has 10 heteroatoms. The first-order valence-electron chi connectivity index (χ1n) is 12.9. The molecule has 1 heterocycles. The number of urea groups is 1. The van der Waals surface area contributed by atoms with E-state index in [2.05, 4.69) is 10.3 Å². The number of benzene rings is 3. The van der Waals surface area contributed by atoms with Crippen LogP contribution in [0.5, 0.6) is 0 Å². The Labute approximate surface area is 236 Å². The molecule has 3 amide bonds. The quantitative estimate of drug-likeness (QED) is 0.199. The lowest BCUT2D eigenvalue weighted by Gasteiger charge is -2.28. The van der Waals surface area contributed by atoms with Crippen molar-refractivity contribution >= 4 is 40.1 Å². The molecule has 3 aromatic carbocycles. The molecule has 0 saturated carbocycles. The first-order chi connectivity index (χ1) is 19.3. The third-order valence-corrected chi connectivity index (χ3v) is 6.82. The van der Waals surface area contributed by atoms with Gasteiger partial charge in [-0.05, 0) is 60.4 Å². The molecule has 4 rings (SSSR count). The molecular weight excluding hydrogens is 538 g/mol. The van der Waals surface area contributed by atoms with E-state index in [-0.39, 0.29) is 36.4 Å². The van der Waals surface area contributed by atoms with Gasteiger partial charge in [0.1, 0.15) is 18.2 Å². The van der Waals surface area contributed by atoms with E-state index in [0.29, 0.717) is 31.7 Å². The second-order valence-electron chi connectivity index (χ2n) is 9.38. The molecule has 0 aliphatic heterocycles. The van der Waals surface area contributed by atoms with Crippen LogP contribution in [0.25, 0.3) is 10.9 Å². The van der Waals surface area contributed by atoms with Crippen molar-refractivity contribution in [2.24, 2.45) is 0 Å². The number of hydrogen-bond donors (Lipinski definition) is 2. The van der Waals surface area contributed by atoms with Gasteiger partial charge in [-0.3, -0.25) is 4.79 Å². The van der Waals surface area contributed by atoms with Gasteiger partial charge in [-0.1, -0.05) is 41.9 Å². The zero-order valence-electron chi connectivity index (χ0n) is 22.1. The van der Waals surface area contributed by atoms with Crippen LogP contribution in [0.1, 0.15) is 17.5 Å². The Morgan fingerprint density at radius 2 is 1.77 bits per heavy atom. The number of amides is 3. The highest BCUT2D eigenvalue weighted by Crippen LogP contribution is 2.21. The van der Waals surface area contributed by atoms with Gasteiger partial charge in [0.2, 0.25) is 5.91 Å². The molecule has 2 N–H and O–H groups in total. The van der Waals surface area contributed by atoms with Crippen molar-refractivity contribution in [2.45, 2.75) is 19.4 Å². The summed E-state index contributed by atoms with van der Waals surface area (Å²) in [4.78, 5) is 33.1. The third-order valence-electron chi connectivity index (χ3n) is 6.53. The van der Waals surface area contributed by atoms with Crippen LogP contribution >= 0.6 is 11.6 Å². The summed E-state index contributed by atoms with van der Waals surface area (Å²) < 4.78 is 32.2. The molecule has 0 bridgehead atoms. The summed E-state index contributed by atoms with van der Waals surface area (Å²) in [5.41, 5.74) is 3.15.